The van der Waals surface area contributed by atoms with Crippen molar-refractivity contribution < 1.29 is 14.3 Å². The van der Waals surface area contributed by atoms with E-state index in [1.165, 1.54) is 0 Å². The molecule has 4 heteroatoms. The smallest absolute Gasteiger partial charge is 0.306 e. The van der Waals surface area contributed by atoms with Crippen molar-refractivity contribution in [2.24, 2.45) is 5.41 Å². The van der Waals surface area contributed by atoms with Crippen LogP contribution in [-0.4, -0.2) is 27.4 Å². The van der Waals surface area contributed by atoms with Crippen LogP contribution in [0.4, 0.5) is 0 Å². The van der Waals surface area contributed by atoms with Gasteiger partial charge in [-0.15, -0.1) is 0 Å². The fourth-order valence-electron chi connectivity index (χ4n) is 2.42. The van der Waals surface area contributed by atoms with E-state index in [0.29, 0.717) is 6.61 Å². The SMILES string of the molecule is CCCC(C)(CCC)C([SiH2]OCC)C(=O)O. The summed E-state index contributed by atoms with van der Waals surface area (Å²) < 4.78 is 5.45. The molecule has 0 aliphatic carbocycles. The van der Waals surface area contributed by atoms with E-state index in [1.54, 1.807) is 0 Å². The Labute approximate surface area is 102 Å². The lowest BCUT2D eigenvalue weighted by atomic mass is 9.78. The maximum absolute atomic E-state index is 11.4. The topological polar surface area (TPSA) is 46.5 Å². The second kappa shape index (κ2) is 7.85. The van der Waals surface area contributed by atoms with Gasteiger partial charge in [-0.25, -0.2) is 0 Å². The summed E-state index contributed by atoms with van der Waals surface area (Å²) in [4.78, 5) is 11.4. The molecule has 96 valence electrons. The molecule has 1 atom stereocenters. The zero-order chi connectivity index (χ0) is 12.6. The fraction of sp³-hybridized carbons (Fsp3) is 0.917. The predicted octanol–water partition coefficient (Wildman–Crippen LogP) is 2.59. The van der Waals surface area contributed by atoms with Gasteiger partial charge in [0.25, 0.3) is 0 Å². The third kappa shape index (κ3) is 4.66. The Morgan fingerprint density at radius 2 is 1.81 bits per heavy atom. The number of carboxylic acid groups (broad SMARTS) is 1. The number of carbonyl (C=O) groups is 1. The highest BCUT2D eigenvalue weighted by Gasteiger charge is 2.38. The monoisotopic (exact) mass is 246 g/mol. The van der Waals surface area contributed by atoms with Crippen LogP contribution in [0, 0.1) is 5.41 Å². The van der Waals surface area contributed by atoms with Crippen LogP contribution in [0.2, 0.25) is 5.54 Å². The molecule has 0 aromatic carbocycles. The summed E-state index contributed by atoms with van der Waals surface area (Å²) in [6, 6.07) is 0. The summed E-state index contributed by atoms with van der Waals surface area (Å²) in [5, 5.41) is 9.34. The van der Waals surface area contributed by atoms with E-state index in [0.717, 1.165) is 25.7 Å². The van der Waals surface area contributed by atoms with Crippen molar-refractivity contribution >= 4 is 15.7 Å². The van der Waals surface area contributed by atoms with Gasteiger partial charge >= 0.3 is 5.97 Å². The van der Waals surface area contributed by atoms with Crippen molar-refractivity contribution in [3.8, 4) is 0 Å². The lowest BCUT2D eigenvalue weighted by molar-refractivity contribution is -0.140. The molecular formula is C12H26O3Si. The van der Waals surface area contributed by atoms with E-state index >= 15 is 0 Å². The highest BCUT2D eigenvalue weighted by Crippen LogP contribution is 2.41. The quantitative estimate of drug-likeness (QED) is 0.636. The zero-order valence-electron chi connectivity index (χ0n) is 11.1. The van der Waals surface area contributed by atoms with Crippen LogP contribution in [0.3, 0.4) is 0 Å². The number of hydrogen-bond donors (Lipinski definition) is 1. The lowest BCUT2D eigenvalue weighted by Gasteiger charge is -2.34. The van der Waals surface area contributed by atoms with E-state index in [4.69, 9.17) is 4.43 Å². The molecule has 3 nitrogen and oxygen atoms in total. The molecule has 0 aliphatic rings. The summed E-state index contributed by atoms with van der Waals surface area (Å²) in [5.41, 5.74) is -0.316. The third-order valence-corrected chi connectivity index (χ3v) is 5.58. The second-order valence-corrected chi connectivity index (χ2v) is 6.26. The standard InChI is InChI=1S/C12H26O3Si/c1-5-8-12(4,9-6-2)10(11(13)14)16-15-7-3/h10H,5-9,16H2,1-4H3,(H,13,14). The van der Waals surface area contributed by atoms with Gasteiger partial charge in [-0.1, -0.05) is 33.6 Å². The minimum Gasteiger partial charge on any atom is -0.481 e. The predicted molar refractivity (Wildman–Crippen MR) is 69.5 cm³/mol. The maximum atomic E-state index is 11.4. The maximum Gasteiger partial charge on any atom is 0.306 e. The molecule has 0 saturated carbocycles. The van der Waals surface area contributed by atoms with E-state index in [9.17, 15) is 9.90 Å². The summed E-state index contributed by atoms with van der Waals surface area (Å²) >= 11 is 0. The van der Waals surface area contributed by atoms with E-state index < -0.39 is 15.7 Å². The van der Waals surface area contributed by atoms with Gasteiger partial charge in [-0.05, 0) is 25.2 Å². The molecule has 0 amide bonds. The van der Waals surface area contributed by atoms with Gasteiger partial charge in [0.15, 0.2) is 9.76 Å². The van der Waals surface area contributed by atoms with Gasteiger partial charge in [0, 0.05) is 6.61 Å². The third-order valence-electron chi connectivity index (χ3n) is 3.27. The molecule has 0 aliphatic heterocycles. The van der Waals surface area contributed by atoms with E-state index in [1.807, 2.05) is 6.92 Å². The summed E-state index contributed by atoms with van der Waals surface area (Å²) in [7, 11) is -0.967. The van der Waals surface area contributed by atoms with Gasteiger partial charge in [-0.3, -0.25) is 4.79 Å². The van der Waals surface area contributed by atoms with Gasteiger partial charge in [0.2, 0.25) is 0 Å². The van der Waals surface area contributed by atoms with Crippen LogP contribution >= 0.6 is 0 Å². The van der Waals surface area contributed by atoms with Crippen molar-refractivity contribution in [1.82, 2.24) is 0 Å². The normalized spacial score (nSPS) is 14.5. The Bertz CT molecular complexity index is 200. The fourth-order valence-corrected chi connectivity index (χ4v) is 3.85. The van der Waals surface area contributed by atoms with Crippen LogP contribution in [-0.2, 0) is 9.22 Å². The van der Waals surface area contributed by atoms with Crippen LogP contribution in [0.5, 0.6) is 0 Å². The summed E-state index contributed by atoms with van der Waals surface area (Å²) in [6.07, 6.45) is 4.05. The molecule has 16 heavy (non-hydrogen) atoms. The Kier molecular flexibility index (Phi) is 7.67. The van der Waals surface area contributed by atoms with Crippen molar-refractivity contribution in [1.29, 1.82) is 0 Å². The molecule has 0 rings (SSSR count). The van der Waals surface area contributed by atoms with E-state index in [-0.39, 0.29) is 11.0 Å². The van der Waals surface area contributed by atoms with E-state index in [2.05, 4.69) is 20.8 Å². The van der Waals surface area contributed by atoms with Crippen LogP contribution < -0.4 is 0 Å². The number of aliphatic carboxylic acids is 1. The molecule has 0 bridgehead atoms. The minimum atomic E-state index is -0.967. The van der Waals surface area contributed by atoms with Crippen LogP contribution in [0.15, 0.2) is 0 Å². The first-order valence-electron chi connectivity index (χ1n) is 6.32. The molecule has 1 unspecified atom stereocenters. The highest BCUT2D eigenvalue weighted by molar-refractivity contribution is 6.37. The minimum absolute atomic E-state index is 0.0727. The largest absolute Gasteiger partial charge is 0.481 e. The average Bonchev–Trinajstić information content (AvgIpc) is 2.18. The van der Waals surface area contributed by atoms with Crippen LogP contribution in [0.25, 0.3) is 0 Å². The zero-order valence-corrected chi connectivity index (χ0v) is 12.5. The van der Waals surface area contributed by atoms with Crippen molar-refractivity contribution in [3.05, 3.63) is 0 Å². The lowest BCUT2D eigenvalue weighted by Crippen LogP contribution is -2.33. The molecule has 0 aromatic heterocycles. The Balaban J connectivity index is 4.70. The van der Waals surface area contributed by atoms with Crippen molar-refractivity contribution in [2.45, 2.75) is 58.9 Å². The Morgan fingerprint density at radius 1 is 1.31 bits per heavy atom. The Hall–Kier alpha value is -0.353. The van der Waals surface area contributed by atoms with Crippen LogP contribution in [0.1, 0.15) is 53.4 Å². The number of hydrogen-bond acceptors (Lipinski definition) is 2. The molecule has 0 saturated heterocycles. The Morgan fingerprint density at radius 3 is 2.12 bits per heavy atom. The number of carboxylic acids is 1. The molecule has 0 aromatic rings. The first-order valence-corrected chi connectivity index (χ1v) is 7.71. The van der Waals surface area contributed by atoms with Gasteiger partial charge < -0.3 is 9.53 Å². The molecule has 0 spiro atoms. The first-order chi connectivity index (χ1) is 7.51. The molecule has 0 heterocycles. The average molecular weight is 246 g/mol. The first kappa shape index (κ1) is 15.6. The number of rotatable bonds is 9. The van der Waals surface area contributed by atoms with Crippen molar-refractivity contribution in [2.75, 3.05) is 6.61 Å². The molecule has 0 radical (unpaired) electrons. The molecular weight excluding hydrogens is 220 g/mol. The highest BCUT2D eigenvalue weighted by atomic mass is 28.2. The summed E-state index contributed by atoms with van der Waals surface area (Å²) in [5.74, 6) is -0.662. The molecule has 0 fully saturated rings. The van der Waals surface area contributed by atoms with Gasteiger partial charge in [0.05, 0.1) is 5.54 Å². The summed E-state index contributed by atoms with van der Waals surface area (Å²) in [6.45, 7) is 8.93. The van der Waals surface area contributed by atoms with Crippen molar-refractivity contribution in [3.63, 3.8) is 0 Å². The van der Waals surface area contributed by atoms with Gasteiger partial charge in [-0.2, -0.15) is 0 Å². The molecule has 1 N–H and O–H groups in total. The second-order valence-electron chi connectivity index (χ2n) is 4.70. The van der Waals surface area contributed by atoms with Gasteiger partial charge in [0.1, 0.15) is 0 Å².